The SMILES string of the molecule is COc1cc(C2CCCCC2)ccc1C1CCCCC1. The van der Waals surface area contributed by atoms with Crippen molar-refractivity contribution in [2.75, 3.05) is 7.11 Å². The molecule has 0 aliphatic heterocycles. The van der Waals surface area contributed by atoms with Gasteiger partial charge in [0, 0.05) is 0 Å². The Kier molecular flexibility index (Phi) is 4.65. The molecule has 0 saturated heterocycles. The molecule has 2 aliphatic carbocycles. The number of methoxy groups -OCH3 is 1. The number of benzene rings is 1. The van der Waals surface area contributed by atoms with Gasteiger partial charge in [0.2, 0.25) is 0 Å². The highest BCUT2D eigenvalue weighted by atomic mass is 16.5. The molecule has 2 aliphatic rings. The Morgan fingerprint density at radius 2 is 1.40 bits per heavy atom. The highest BCUT2D eigenvalue weighted by Gasteiger charge is 2.21. The second-order valence-electron chi connectivity index (χ2n) is 6.67. The van der Waals surface area contributed by atoms with E-state index in [4.69, 9.17) is 4.74 Å². The average Bonchev–Trinajstić information content (AvgIpc) is 2.56. The number of rotatable bonds is 3. The van der Waals surface area contributed by atoms with E-state index in [2.05, 4.69) is 18.2 Å². The minimum absolute atomic E-state index is 0.735. The van der Waals surface area contributed by atoms with Crippen molar-refractivity contribution in [3.63, 3.8) is 0 Å². The molecule has 0 radical (unpaired) electrons. The highest BCUT2D eigenvalue weighted by molar-refractivity contribution is 5.41. The van der Waals surface area contributed by atoms with E-state index in [-0.39, 0.29) is 0 Å². The van der Waals surface area contributed by atoms with Crippen LogP contribution in [0.2, 0.25) is 0 Å². The molecule has 3 rings (SSSR count). The number of ether oxygens (including phenoxy) is 1. The summed E-state index contributed by atoms with van der Waals surface area (Å²) in [6, 6.07) is 7.11. The summed E-state index contributed by atoms with van der Waals surface area (Å²) in [7, 11) is 1.84. The lowest BCUT2D eigenvalue weighted by Gasteiger charge is -2.26. The van der Waals surface area contributed by atoms with E-state index in [9.17, 15) is 0 Å². The van der Waals surface area contributed by atoms with E-state index in [1.54, 1.807) is 0 Å². The third-order valence-electron chi connectivity index (χ3n) is 5.38. The van der Waals surface area contributed by atoms with Crippen molar-refractivity contribution in [2.24, 2.45) is 0 Å². The number of hydrogen-bond donors (Lipinski definition) is 0. The Hall–Kier alpha value is -0.980. The van der Waals surface area contributed by atoms with Crippen LogP contribution in [0.25, 0.3) is 0 Å². The molecule has 0 heterocycles. The van der Waals surface area contributed by atoms with Gasteiger partial charge in [-0.3, -0.25) is 0 Å². The lowest BCUT2D eigenvalue weighted by molar-refractivity contribution is 0.384. The van der Waals surface area contributed by atoms with Crippen molar-refractivity contribution in [1.82, 2.24) is 0 Å². The second-order valence-corrected chi connectivity index (χ2v) is 6.67. The summed E-state index contributed by atoms with van der Waals surface area (Å²) in [4.78, 5) is 0. The van der Waals surface area contributed by atoms with E-state index in [0.29, 0.717) is 0 Å². The zero-order valence-corrected chi connectivity index (χ0v) is 12.9. The summed E-state index contributed by atoms with van der Waals surface area (Å²) in [5.41, 5.74) is 2.98. The summed E-state index contributed by atoms with van der Waals surface area (Å²) in [5.74, 6) is 2.66. The quantitative estimate of drug-likeness (QED) is 0.676. The van der Waals surface area contributed by atoms with Crippen LogP contribution in [-0.4, -0.2) is 7.11 Å². The molecule has 0 N–H and O–H groups in total. The Balaban J connectivity index is 1.81. The molecule has 20 heavy (non-hydrogen) atoms. The molecular weight excluding hydrogens is 244 g/mol. The zero-order valence-electron chi connectivity index (χ0n) is 12.9. The van der Waals surface area contributed by atoms with E-state index in [1.807, 2.05) is 7.11 Å². The van der Waals surface area contributed by atoms with Crippen LogP contribution in [0.4, 0.5) is 0 Å². The lowest BCUT2D eigenvalue weighted by Crippen LogP contribution is -2.08. The van der Waals surface area contributed by atoms with E-state index in [1.165, 1.54) is 75.3 Å². The van der Waals surface area contributed by atoms with Crippen molar-refractivity contribution < 1.29 is 4.74 Å². The molecule has 0 bridgehead atoms. The van der Waals surface area contributed by atoms with Crippen LogP contribution in [0.3, 0.4) is 0 Å². The zero-order chi connectivity index (χ0) is 13.8. The third-order valence-corrected chi connectivity index (χ3v) is 5.38. The maximum Gasteiger partial charge on any atom is 0.122 e. The van der Waals surface area contributed by atoms with E-state index in [0.717, 1.165) is 17.6 Å². The molecular formula is C19H28O. The van der Waals surface area contributed by atoms with Crippen LogP contribution < -0.4 is 4.74 Å². The summed E-state index contributed by atoms with van der Waals surface area (Å²) < 4.78 is 5.73. The first-order valence-electron chi connectivity index (χ1n) is 8.56. The molecule has 1 heteroatoms. The normalized spacial score (nSPS) is 21.9. The molecule has 0 atom stereocenters. The molecule has 1 aromatic rings. The minimum Gasteiger partial charge on any atom is -0.496 e. The van der Waals surface area contributed by atoms with Crippen LogP contribution in [0, 0.1) is 0 Å². The topological polar surface area (TPSA) is 9.23 Å². The van der Waals surface area contributed by atoms with Crippen LogP contribution in [-0.2, 0) is 0 Å². The minimum atomic E-state index is 0.735. The molecule has 0 unspecified atom stereocenters. The van der Waals surface area contributed by atoms with Gasteiger partial charge in [-0.05, 0) is 54.7 Å². The third kappa shape index (κ3) is 3.02. The first-order valence-corrected chi connectivity index (χ1v) is 8.56. The molecule has 1 aromatic carbocycles. The first-order chi connectivity index (χ1) is 9.88. The standard InChI is InChI=1S/C19H28O/c1-20-19-14-17(15-8-4-2-5-9-15)12-13-18(19)16-10-6-3-7-11-16/h12-16H,2-11H2,1H3. The van der Waals surface area contributed by atoms with Gasteiger partial charge >= 0.3 is 0 Å². The smallest absolute Gasteiger partial charge is 0.122 e. The van der Waals surface area contributed by atoms with Crippen molar-refractivity contribution in [3.05, 3.63) is 29.3 Å². The fourth-order valence-corrected chi connectivity index (χ4v) is 4.17. The van der Waals surface area contributed by atoms with Gasteiger partial charge < -0.3 is 4.74 Å². The van der Waals surface area contributed by atoms with Crippen molar-refractivity contribution >= 4 is 0 Å². The fourth-order valence-electron chi connectivity index (χ4n) is 4.17. The molecule has 2 fully saturated rings. The van der Waals surface area contributed by atoms with Gasteiger partial charge in [0.1, 0.15) is 5.75 Å². The average molecular weight is 272 g/mol. The second kappa shape index (κ2) is 6.65. The van der Waals surface area contributed by atoms with Crippen LogP contribution in [0.15, 0.2) is 18.2 Å². The van der Waals surface area contributed by atoms with Crippen LogP contribution in [0.1, 0.15) is 87.2 Å². The lowest BCUT2D eigenvalue weighted by atomic mass is 9.80. The predicted octanol–water partition coefficient (Wildman–Crippen LogP) is 5.79. The molecule has 1 nitrogen and oxygen atoms in total. The molecule has 110 valence electrons. The van der Waals surface area contributed by atoms with E-state index >= 15 is 0 Å². The van der Waals surface area contributed by atoms with Gasteiger partial charge in [0.05, 0.1) is 7.11 Å². The summed E-state index contributed by atoms with van der Waals surface area (Å²) in [6.07, 6.45) is 13.8. The van der Waals surface area contributed by atoms with Gasteiger partial charge in [0.15, 0.2) is 0 Å². The van der Waals surface area contributed by atoms with Gasteiger partial charge in [-0.1, -0.05) is 50.7 Å². The maximum atomic E-state index is 5.73. The Morgan fingerprint density at radius 3 is 2.00 bits per heavy atom. The van der Waals surface area contributed by atoms with Crippen molar-refractivity contribution in [1.29, 1.82) is 0 Å². The molecule has 0 spiro atoms. The molecule has 0 aromatic heterocycles. The fraction of sp³-hybridized carbons (Fsp3) is 0.684. The summed E-state index contributed by atoms with van der Waals surface area (Å²) in [5, 5.41) is 0. The Morgan fingerprint density at radius 1 is 0.800 bits per heavy atom. The highest BCUT2D eigenvalue weighted by Crippen LogP contribution is 2.40. The predicted molar refractivity (Wildman–Crippen MR) is 84.6 cm³/mol. The molecule has 2 saturated carbocycles. The molecule has 0 amide bonds. The van der Waals surface area contributed by atoms with Crippen molar-refractivity contribution in [2.45, 2.75) is 76.0 Å². The Labute approximate surface area is 123 Å². The van der Waals surface area contributed by atoms with Crippen LogP contribution in [0.5, 0.6) is 5.75 Å². The van der Waals surface area contributed by atoms with Gasteiger partial charge in [0.25, 0.3) is 0 Å². The van der Waals surface area contributed by atoms with Crippen molar-refractivity contribution in [3.8, 4) is 5.75 Å². The maximum absolute atomic E-state index is 5.73. The first kappa shape index (κ1) is 14.0. The summed E-state index contributed by atoms with van der Waals surface area (Å²) >= 11 is 0. The van der Waals surface area contributed by atoms with E-state index < -0.39 is 0 Å². The Bertz CT molecular complexity index is 425. The van der Waals surface area contributed by atoms with Gasteiger partial charge in [-0.25, -0.2) is 0 Å². The van der Waals surface area contributed by atoms with Gasteiger partial charge in [-0.15, -0.1) is 0 Å². The monoisotopic (exact) mass is 272 g/mol. The summed E-state index contributed by atoms with van der Waals surface area (Å²) in [6.45, 7) is 0. The largest absolute Gasteiger partial charge is 0.496 e. The number of hydrogen-bond acceptors (Lipinski definition) is 1. The van der Waals surface area contributed by atoms with Crippen LogP contribution >= 0.6 is 0 Å². The van der Waals surface area contributed by atoms with Gasteiger partial charge in [-0.2, -0.15) is 0 Å².